The van der Waals surface area contributed by atoms with E-state index < -0.39 is 0 Å². The van der Waals surface area contributed by atoms with Crippen LogP contribution in [0.4, 0.5) is 0 Å². The van der Waals surface area contributed by atoms with Gasteiger partial charge in [-0.15, -0.1) is 0 Å². The smallest absolute Gasteiger partial charge is 0.120 e. The van der Waals surface area contributed by atoms with Gasteiger partial charge in [0.25, 0.3) is 0 Å². The van der Waals surface area contributed by atoms with Gasteiger partial charge in [-0.2, -0.15) is 0 Å². The molecule has 4 heteroatoms. The Labute approximate surface area is 102 Å². The van der Waals surface area contributed by atoms with E-state index in [2.05, 4.69) is 34.1 Å². The van der Waals surface area contributed by atoms with Crippen LogP contribution in [0.15, 0.2) is 30.6 Å². The predicted molar refractivity (Wildman–Crippen MR) is 68.4 cm³/mol. The van der Waals surface area contributed by atoms with Crippen LogP contribution in [0.25, 0.3) is 11.4 Å². The van der Waals surface area contributed by atoms with Gasteiger partial charge in [0.15, 0.2) is 0 Å². The number of hydrogen-bond donors (Lipinski definition) is 2. The molecule has 2 rings (SSSR count). The van der Waals surface area contributed by atoms with E-state index in [1.54, 1.807) is 6.20 Å². The summed E-state index contributed by atoms with van der Waals surface area (Å²) in [5, 5.41) is 3.35. The van der Waals surface area contributed by atoms with Crippen molar-refractivity contribution >= 4 is 0 Å². The number of H-pyrrole nitrogens is 1. The Kier molecular flexibility index (Phi) is 3.88. The molecule has 0 spiro atoms. The van der Waals surface area contributed by atoms with Crippen molar-refractivity contribution in [2.45, 2.75) is 20.4 Å². The van der Waals surface area contributed by atoms with E-state index in [0.29, 0.717) is 5.92 Å². The fraction of sp³-hybridized carbons (Fsp3) is 0.385. The molecule has 0 saturated heterocycles. The van der Waals surface area contributed by atoms with Crippen LogP contribution in [0.1, 0.15) is 19.7 Å². The van der Waals surface area contributed by atoms with Crippen LogP contribution in [0.3, 0.4) is 0 Å². The Bertz CT molecular complexity index is 447. The summed E-state index contributed by atoms with van der Waals surface area (Å²) in [6.07, 6.45) is 3.61. The van der Waals surface area contributed by atoms with Crippen molar-refractivity contribution < 1.29 is 0 Å². The third-order valence-corrected chi connectivity index (χ3v) is 2.41. The van der Waals surface area contributed by atoms with Gasteiger partial charge in [0.1, 0.15) is 5.82 Å². The maximum absolute atomic E-state index is 4.33. The zero-order chi connectivity index (χ0) is 12.1. The molecule has 0 radical (unpaired) electrons. The van der Waals surface area contributed by atoms with Crippen LogP contribution in [0, 0.1) is 5.92 Å². The Hall–Kier alpha value is -1.68. The second kappa shape index (κ2) is 5.59. The summed E-state index contributed by atoms with van der Waals surface area (Å²) in [4.78, 5) is 11.9. The molecule has 17 heavy (non-hydrogen) atoms. The summed E-state index contributed by atoms with van der Waals surface area (Å²) in [6.45, 7) is 6.15. The minimum Gasteiger partial charge on any atom is -0.340 e. The monoisotopic (exact) mass is 230 g/mol. The Balaban J connectivity index is 1.97. The summed E-state index contributed by atoms with van der Waals surface area (Å²) in [7, 11) is 0. The first kappa shape index (κ1) is 11.8. The van der Waals surface area contributed by atoms with Crippen molar-refractivity contribution in [2.75, 3.05) is 6.54 Å². The predicted octanol–water partition coefficient (Wildman–Crippen LogP) is 2.22. The molecule has 2 aromatic rings. The Morgan fingerprint density at radius 1 is 1.29 bits per heavy atom. The van der Waals surface area contributed by atoms with E-state index in [0.717, 1.165) is 30.3 Å². The zero-order valence-corrected chi connectivity index (χ0v) is 10.3. The summed E-state index contributed by atoms with van der Waals surface area (Å²) < 4.78 is 0. The van der Waals surface area contributed by atoms with Gasteiger partial charge < -0.3 is 10.3 Å². The first-order valence-corrected chi connectivity index (χ1v) is 5.91. The van der Waals surface area contributed by atoms with Gasteiger partial charge in [0.2, 0.25) is 0 Å². The van der Waals surface area contributed by atoms with E-state index in [9.17, 15) is 0 Å². The first-order chi connectivity index (χ1) is 8.25. The fourth-order valence-electron chi connectivity index (χ4n) is 1.58. The van der Waals surface area contributed by atoms with E-state index in [1.807, 2.05) is 24.4 Å². The second-order valence-electron chi connectivity index (χ2n) is 4.48. The van der Waals surface area contributed by atoms with Gasteiger partial charge in [0.05, 0.1) is 24.1 Å². The maximum Gasteiger partial charge on any atom is 0.120 e. The number of nitrogens with one attached hydrogen (secondary N) is 2. The molecule has 0 aliphatic rings. The lowest BCUT2D eigenvalue weighted by molar-refractivity contribution is 0.544. The SMILES string of the molecule is CC(C)CNCc1ncc(-c2ccccn2)[nH]1. The molecule has 0 bridgehead atoms. The van der Waals surface area contributed by atoms with Crippen molar-refractivity contribution in [3.8, 4) is 11.4 Å². The molecule has 2 N–H and O–H groups in total. The molecule has 0 aromatic carbocycles. The third-order valence-electron chi connectivity index (χ3n) is 2.41. The number of aromatic amines is 1. The molecular formula is C13H18N4. The highest BCUT2D eigenvalue weighted by Crippen LogP contribution is 2.12. The van der Waals surface area contributed by atoms with Crippen LogP contribution in [-0.2, 0) is 6.54 Å². The molecular weight excluding hydrogens is 212 g/mol. The number of nitrogens with zero attached hydrogens (tertiary/aromatic N) is 2. The van der Waals surface area contributed by atoms with Crippen LogP contribution >= 0.6 is 0 Å². The normalized spacial score (nSPS) is 11.0. The zero-order valence-electron chi connectivity index (χ0n) is 10.3. The van der Waals surface area contributed by atoms with Gasteiger partial charge in [-0.05, 0) is 24.6 Å². The number of aromatic nitrogens is 3. The molecule has 4 nitrogen and oxygen atoms in total. The topological polar surface area (TPSA) is 53.6 Å². The van der Waals surface area contributed by atoms with Crippen molar-refractivity contribution in [1.82, 2.24) is 20.3 Å². The lowest BCUT2D eigenvalue weighted by atomic mass is 10.2. The number of pyridine rings is 1. The lowest BCUT2D eigenvalue weighted by Gasteiger charge is -2.04. The summed E-state index contributed by atoms with van der Waals surface area (Å²) in [5.41, 5.74) is 1.89. The number of imidazole rings is 1. The molecule has 0 aliphatic carbocycles. The van der Waals surface area contributed by atoms with Gasteiger partial charge >= 0.3 is 0 Å². The molecule has 90 valence electrons. The average molecular weight is 230 g/mol. The molecule has 0 aliphatic heterocycles. The molecule has 0 amide bonds. The third kappa shape index (κ3) is 3.39. The van der Waals surface area contributed by atoms with Gasteiger partial charge in [-0.25, -0.2) is 4.98 Å². The number of hydrogen-bond acceptors (Lipinski definition) is 3. The van der Waals surface area contributed by atoms with Crippen LogP contribution in [0.2, 0.25) is 0 Å². The van der Waals surface area contributed by atoms with E-state index in [4.69, 9.17) is 0 Å². The molecule has 0 fully saturated rings. The standard InChI is InChI=1S/C13H18N4/c1-10(2)7-14-9-13-16-8-12(17-13)11-5-3-4-6-15-11/h3-6,8,10,14H,7,9H2,1-2H3,(H,16,17). The minimum atomic E-state index is 0.653. The van der Waals surface area contributed by atoms with Crippen LogP contribution < -0.4 is 5.32 Å². The Morgan fingerprint density at radius 3 is 2.88 bits per heavy atom. The fourth-order valence-corrected chi connectivity index (χ4v) is 1.58. The van der Waals surface area contributed by atoms with Crippen molar-refractivity contribution in [3.05, 3.63) is 36.4 Å². The minimum absolute atomic E-state index is 0.653. The van der Waals surface area contributed by atoms with Gasteiger partial charge in [-0.1, -0.05) is 19.9 Å². The largest absolute Gasteiger partial charge is 0.340 e. The van der Waals surface area contributed by atoms with E-state index >= 15 is 0 Å². The summed E-state index contributed by atoms with van der Waals surface area (Å²) >= 11 is 0. The highest BCUT2D eigenvalue weighted by molar-refractivity contribution is 5.52. The molecule has 2 heterocycles. The maximum atomic E-state index is 4.33. The summed E-state index contributed by atoms with van der Waals surface area (Å²) in [5.74, 6) is 1.60. The van der Waals surface area contributed by atoms with Crippen molar-refractivity contribution in [2.24, 2.45) is 5.92 Å². The van der Waals surface area contributed by atoms with Crippen LogP contribution in [-0.4, -0.2) is 21.5 Å². The van der Waals surface area contributed by atoms with Crippen molar-refractivity contribution in [1.29, 1.82) is 0 Å². The Morgan fingerprint density at radius 2 is 2.18 bits per heavy atom. The summed E-state index contributed by atoms with van der Waals surface area (Å²) in [6, 6.07) is 5.85. The second-order valence-corrected chi connectivity index (χ2v) is 4.48. The first-order valence-electron chi connectivity index (χ1n) is 5.91. The van der Waals surface area contributed by atoms with E-state index in [-0.39, 0.29) is 0 Å². The van der Waals surface area contributed by atoms with Gasteiger partial charge in [-0.3, -0.25) is 4.98 Å². The number of rotatable bonds is 5. The molecule has 0 unspecified atom stereocenters. The van der Waals surface area contributed by atoms with Crippen molar-refractivity contribution in [3.63, 3.8) is 0 Å². The highest BCUT2D eigenvalue weighted by atomic mass is 15.0. The lowest BCUT2D eigenvalue weighted by Crippen LogP contribution is -2.19. The highest BCUT2D eigenvalue weighted by Gasteiger charge is 2.03. The average Bonchev–Trinajstić information content (AvgIpc) is 2.78. The molecule has 2 aromatic heterocycles. The quantitative estimate of drug-likeness (QED) is 0.828. The van der Waals surface area contributed by atoms with Gasteiger partial charge in [0, 0.05) is 6.20 Å². The molecule has 0 atom stereocenters. The van der Waals surface area contributed by atoms with Crippen LogP contribution in [0.5, 0.6) is 0 Å². The van der Waals surface area contributed by atoms with E-state index in [1.165, 1.54) is 0 Å². The molecule has 0 saturated carbocycles.